The molecule has 0 aliphatic carbocycles. The maximum absolute atomic E-state index is 13.4. The third-order valence-corrected chi connectivity index (χ3v) is 3.66. The number of hydrogen-bond donors (Lipinski definition) is 1. The Kier molecular flexibility index (Phi) is 4.78. The Labute approximate surface area is 123 Å². The molecule has 1 fully saturated rings. The van der Waals surface area contributed by atoms with Gasteiger partial charge in [0, 0.05) is 24.8 Å². The van der Waals surface area contributed by atoms with Crippen LogP contribution in [0.5, 0.6) is 0 Å². The van der Waals surface area contributed by atoms with Gasteiger partial charge in [0.15, 0.2) is 0 Å². The highest BCUT2D eigenvalue weighted by molar-refractivity contribution is 5.57. The molecule has 3 nitrogen and oxygen atoms in total. The number of anilines is 1. The molecule has 1 aliphatic rings. The van der Waals surface area contributed by atoms with Gasteiger partial charge >= 0.3 is 6.18 Å². The van der Waals surface area contributed by atoms with Crippen molar-refractivity contribution >= 4 is 5.69 Å². The molecule has 0 spiro atoms. The zero-order chi connectivity index (χ0) is 15.6. The van der Waals surface area contributed by atoms with E-state index in [1.165, 1.54) is 6.07 Å². The molecule has 1 aromatic rings. The van der Waals surface area contributed by atoms with Gasteiger partial charge in [-0.2, -0.15) is 13.2 Å². The van der Waals surface area contributed by atoms with Gasteiger partial charge in [-0.05, 0) is 38.6 Å². The maximum atomic E-state index is 13.4. The van der Waals surface area contributed by atoms with Gasteiger partial charge in [-0.1, -0.05) is 6.07 Å². The summed E-state index contributed by atoms with van der Waals surface area (Å²) < 4.78 is 45.6. The van der Waals surface area contributed by atoms with Gasteiger partial charge < -0.3 is 15.0 Å². The molecule has 1 aliphatic heterocycles. The minimum atomic E-state index is -4.36. The van der Waals surface area contributed by atoms with Crippen molar-refractivity contribution < 1.29 is 17.9 Å². The van der Waals surface area contributed by atoms with Gasteiger partial charge in [0.2, 0.25) is 0 Å². The Morgan fingerprint density at radius 3 is 2.67 bits per heavy atom. The summed E-state index contributed by atoms with van der Waals surface area (Å²) in [5.74, 6) is 0. The zero-order valence-electron chi connectivity index (χ0n) is 12.5. The van der Waals surface area contributed by atoms with Gasteiger partial charge in [-0.25, -0.2) is 0 Å². The Morgan fingerprint density at radius 1 is 1.33 bits per heavy atom. The van der Waals surface area contributed by atoms with Crippen molar-refractivity contribution in [2.45, 2.75) is 38.7 Å². The molecule has 6 heteroatoms. The van der Waals surface area contributed by atoms with Crippen LogP contribution in [-0.4, -0.2) is 32.3 Å². The molecule has 0 amide bonds. The highest BCUT2D eigenvalue weighted by atomic mass is 19.4. The second-order valence-corrected chi connectivity index (χ2v) is 5.52. The molecule has 1 saturated heterocycles. The van der Waals surface area contributed by atoms with E-state index in [0.29, 0.717) is 25.3 Å². The van der Waals surface area contributed by atoms with Crippen molar-refractivity contribution in [1.29, 1.82) is 0 Å². The van der Waals surface area contributed by atoms with Crippen molar-refractivity contribution in [3.05, 3.63) is 29.3 Å². The van der Waals surface area contributed by atoms with E-state index in [9.17, 15) is 13.2 Å². The molecule has 1 heterocycles. The number of rotatable bonds is 3. The monoisotopic (exact) mass is 302 g/mol. The fraction of sp³-hybridized carbons (Fsp3) is 0.600. The largest absolute Gasteiger partial charge is 0.418 e. The molecule has 2 rings (SSSR count). The molecule has 118 valence electrons. The van der Waals surface area contributed by atoms with Crippen molar-refractivity contribution in [2.75, 3.05) is 25.1 Å². The first-order chi connectivity index (χ1) is 9.82. The molecule has 1 aromatic carbocycles. The minimum Gasteiger partial charge on any atom is -0.375 e. The fourth-order valence-electron chi connectivity index (χ4n) is 2.61. The van der Waals surface area contributed by atoms with Gasteiger partial charge in [0.25, 0.3) is 0 Å². The lowest BCUT2D eigenvalue weighted by molar-refractivity contribution is -0.137. The standard InChI is InChI=1S/C15H21F3N2O/c1-10-9-21-11(2)8-20(10)14-5-4-12(7-19-3)6-13(14)15(16,17)18/h4-6,10-11,19H,7-9H2,1-3H3. The Balaban J connectivity index is 2.41. The molecule has 0 radical (unpaired) electrons. The van der Waals surface area contributed by atoms with Gasteiger partial charge in [-0.15, -0.1) is 0 Å². The lowest BCUT2D eigenvalue weighted by Gasteiger charge is -2.39. The van der Waals surface area contributed by atoms with Gasteiger partial charge in [-0.3, -0.25) is 0 Å². The van der Waals surface area contributed by atoms with Crippen LogP contribution in [0.4, 0.5) is 18.9 Å². The summed E-state index contributed by atoms with van der Waals surface area (Å²) in [5.41, 5.74) is 0.295. The molecule has 0 bridgehead atoms. The fourth-order valence-corrected chi connectivity index (χ4v) is 2.61. The van der Waals surface area contributed by atoms with Crippen LogP contribution in [0.3, 0.4) is 0 Å². The second kappa shape index (κ2) is 6.23. The highest BCUT2D eigenvalue weighted by Crippen LogP contribution is 2.38. The second-order valence-electron chi connectivity index (χ2n) is 5.52. The molecule has 2 unspecified atom stereocenters. The lowest BCUT2D eigenvalue weighted by atomic mass is 10.0. The topological polar surface area (TPSA) is 24.5 Å². The van der Waals surface area contributed by atoms with E-state index in [4.69, 9.17) is 4.74 Å². The first-order valence-corrected chi connectivity index (χ1v) is 7.06. The SMILES string of the molecule is CNCc1ccc(N2CC(C)OCC2C)c(C(F)(F)F)c1. The van der Waals surface area contributed by atoms with Crippen LogP contribution in [0.25, 0.3) is 0 Å². The Bertz CT molecular complexity index is 490. The van der Waals surface area contributed by atoms with Crippen molar-refractivity contribution in [3.8, 4) is 0 Å². The number of halogens is 3. The third kappa shape index (κ3) is 3.68. The Morgan fingerprint density at radius 2 is 2.05 bits per heavy atom. The predicted octanol–water partition coefficient (Wildman–Crippen LogP) is 3.04. The quantitative estimate of drug-likeness (QED) is 0.929. The van der Waals surface area contributed by atoms with Gasteiger partial charge in [0.1, 0.15) is 0 Å². The lowest BCUT2D eigenvalue weighted by Crippen LogP contribution is -2.48. The summed E-state index contributed by atoms with van der Waals surface area (Å²) >= 11 is 0. The number of benzene rings is 1. The third-order valence-electron chi connectivity index (χ3n) is 3.66. The number of morpholine rings is 1. The van der Waals surface area contributed by atoms with E-state index in [2.05, 4.69) is 5.32 Å². The molecular weight excluding hydrogens is 281 g/mol. The van der Waals surface area contributed by atoms with Crippen molar-refractivity contribution in [2.24, 2.45) is 0 Å². The first kappa shape index (κ1) is 16.1. The maximum Gasteiger partial charge on any atom is 0.418 e. The number of alkyl halides is 3. The first-order valence-electron chi connectivity index (χ1n) is 7.06. The summed E-state index contributed by atoms with van der Waals surface area (Å²) in [6.07, 6.45) is -4.43. The van der Waals surface area contributed by atoms with Crippen molar-refractivity contribution in [1.82, 2.24) is 5.32 Å². The van der Waals surface area contributed by atoms with Gasteiger partial charge in [0.05, 0.1) is 18.3 Å². The van der Waals surface area contributed by atoms with Crippen LogP contribution in [0, 0.1) is 0 Å². The van der Waals surface area contributed by atoms with E-state index in [-0.39, 0.29) is 17.8 Å². The number of hydrogen-bond acceptors (Lipinski definition) is 3. The number of nitrogens with zero attached hydrogens (tertiary/aromatic N) is 1. The number of nitrogens with one attached hydrogen (secondary N) is 1. The van der Waals surface area contributed by atoms with Crippen LogP contribution >= 0.6 is 0 Å². The van der Waals surface area contributed by atoms with Crippen LogP contribution in [-0.2, 0) is 17.5 Å². The van der Waals surface area contributed by atoms with Crippen LogP contribution in [0.2, 0.25) is 0 Å². The van der Waals surface area contributed by atoms with Crippen LogP contribution in [0.1, 0.15) is 25.0 Å². The molecule has 0 saturated carbocycles. The summed E-state index contributed by atoms with van der Waals surface area (Å²) in [7, 11) is 1.72. The van der Waals surface area contributed by atoms with E-state index < -0.39 is 11.7 Å². The molecule has 0 aromatic heterocycles. The van der Waals surface area contributed by atoms with Crippen molar-refractivity contribution in [3.63, 3.8) is 0 Å². The van der Waals surface area contributed by atoms with E-state index in [0.717, 1.165) is 0 Å². The molecule has 21 heavy (non-hydrogen) atoms. The zero-order valence-corrected chi connectivity index (χ0v) is 12.5. The average Bonchev–Trinajstić information content (AvgIpc) is 2.41. The summed E-state index contributed by atoms with van der Waals surface area (Å²) in [6, 6.07) is 4.48. The molecule has 2 atom stereocenters. The molecule has 1 N–H and O–H groups in total. The average molecular weight is 302 g/mol. The molecular formula is C15H21F3N2O. The summed E-state index contributed by atoms with van der Waals surface area (Å²) in [6.45, 7) is 5.08. The van der Waals surface area contributed by atoms with E-state index in [1.54, 1.807) is 24.1 Å². The summed E-state index contributed by atoms with van der Waals surface area (Å²) in [5, 5.41) is 2.88. The van der Waals surface area contributed by atoms with Crippen LogP contribution < -0.4 is 10.2 Å². The normalized spacial score (nSPS) is 23.4. The van der Waals surface area contributed by atoms with E-state index >= 15 is 0 Å². The predicted molar refractivity (Wildman–Crippen MR) is 76.4 cm³/mol. The highest BCUT2D eigenvalue weighted by Gasteiger charge is 2.37. The Hall–Kier alpha value is -1.27. The van der Waals surface area contributed by atoms with Crippen LogP contribution in [0.15, 0.2) is 18.2 Å². The smallest absolute Gasteiger partial charge is 0.375 e. The number of ether oxygens (including phenoxy) is 1. The summed E-state index contributed by atoms with van der Waals surface area (Å²) in [4.78, 5) is 1.79. The van der Waals surface area contributed by atoms with E-state index in [1.807, 2.05) is 13.8 Å². The minimum absolute atomic E-state index is 0.0701.